The van der Waals surface area contributed by atoms with Crippen LogP contribution in [-0.2, 0) is 10.0 Å². The van der Waals surface area contributed by atoms with Crippen LogP contribution in [0.1, 0.15) is 42.7 Å². The van der Waals surface area contributed by atoms with E-state index >= 15 is 0 Å². The molecule has 0 aliphatic heterocycles. The lowest BCUT2D eigenvalue weighted by Crippen LogP contribution is -2.43. The van der Waals surface area contributed by atoms with Crippen molar-refractivity contribution in [3.63, 3.8) is 0 Å². The molecule has 0 saturated heterocycles. The van der Waals surface area contributed by atoms with Gasteiger partial charge in [-0.2, -0.15) is 4.72 Å². The highest BCUT2D eigenvalue weighted by molar-refractivity contribution is 7.90. The number of carbonyl (C=O) groups is 1. The Morgan fingerprint density at radius 1 is 0.913 bits per heavy atom. The van der Waals surface area contributed by atoms with E-state index in [4.69, 9.17) is 0 Å². The first kappa shape index (κ1) is 17.4. The molecule has 0 fully saturated rings. The Bertz CT molecular complexity index is 763. The molecular weight excluding hydrogens is 310 g/mol. The Hall–Kier alpha value is -1.98. The Balaban J connectivity index is 2.44. The van der Waals surface area contributed by atoms with Crippen LogP contribution in [0.15, 0.2) is 60.7 Å². The molecule has 0 heterocycles. The zero-order valence-corrected chi connectivity index (χ0v) is 14.3. The number of sulfonamides is 1. The first-order chi connectivity index (χ1) is 10.7. The zero-order chi connectivity index (χ0) is 17.1. The van der Waals surface area contributed by atoms with Crippen molar-refractivity contribution >= 4 is 15.8 Å². The predicted octanol–water partition coefficient (Wildman–Crippen LogP) is 3.33. The summed E-state index contributed by atoms with van der Waals surface area (Å²) in [5.74, 6) is -0.273. The lowest BCUT2D eigenvalue weighted by molar-refractivity contribution is 0.0953. The third-order valence-electron chi connectivity index (χ3n) is 3.53. The topological polar surface area (TPSA) is 63.2 Å². The van der Waals surface area contributed by atoms with Crippen molar-refractivity contribution in [2.45, 2.75) is 31.6 Å². The molecule has 122 valence electrons. The molecule has 0 amide bonds. The van der Waals surface area contributed by atoms with E-state index in [2.05, 4.69) is 4.72 Å². The van der Waals surface area contributed by atoms with Crippen LogP contribution in [0, 0.1) is 0 Å². The Morgan fingerprint density at radius 3 is 1.87 bits per heavy atom. The van der Waals surface area contributed by atoms with E-state index in [-0.39, 0.29) is 5.78 Å². The van der Waals surface area contributed by atoms with Gasteiger partial charge in [-0.25, -0.2) is 8.42 Å². The summed E-state index contributed by atoms with van der Waals surface area (Å²) in [5, 5.41) is 0. The molecular formula is C18H21NO3S. The third-order valence-corrected chi connectivity index (χ3v) is 5.69. The molecule has 2 aromatic carbocycles. The summed E-state index contributed by atoms with van der Waals surface area (Å²) in [6.45, 7) is 4.80. The second-order valence-electron chi connectivity index (χ2n) is 6.31. The monoisotopic (exact) mass is 331 g/mol. The summed E-state index contributed by atoms with van der Waals surface area (Å²) in [6.07, 6.45) is 0. The third kappa shape index (κ3) is 4.06. The normalized spacial score (nSPS) is 13.5. The molecule has 0 saturated carbocycles. The molecule has 2 rings (SSSR count). The fourth-order valence-corrected chi connectivity index (χ4v) is 2.93. The highest BCUT2D eigenvalue weighted by Gasteiger charge is 2.34. The van der Waals surface area contributed by atoms with Gasteiger partial charge in [-0.15, -0.1) is 0 Å². The van der Waals surface area contributed by atoms with E-state index in [0.717, 1.165) is 0 Å². The number of hydrogen-bond acceptors (Lipinski definition) is 3. The van der Waals surface area contributed by atoms with Crippen LogP contribution in [0.4, 0.5) is 0 Å². The first-order valence-corrected chi connectivity index (χ1v) is 8.87. The minimum absolute atomic E-state index is 0.273. The van der Waals surface area contributed by atoms with Crippen molar-refractivity contribution in [2.75, 3.05) is 0 Å². The Morgan fingerprint density at radius 2 is 1.39 bits per heavy atom. The van der Waals surface area contributed by atoms with E-state index in [9.17, 15) is 13.2 Å². The van der Waals surface area contributed by atoms with Crippen molar-refractivity contribution in [1.29, 1.82) is 0 Å². The molecule has 23 heavy (non-hydrogen) atoms. The molecule has 2 aromatic rings. The van der Waals surface area contributed by atoms with Crippen molar-refractivity contribution in [2.24, 2.45) is 0 Å². The van der Waals surface area contributed by atoms with E-state index in [1.54, 1.807) is 69.3 Å². The van der Waals surface area contributed by atoms with Gasteiger partial charge in [-0.3, -0.25) is 4.79 Å². The molecule has 1 N–H and O–H groups in total. The van der Waals surface area contributed by atoms with Gasteiger partial charge in [0.1, 0.15) is 6.04 Å². The van der Waals surface area contributed by atoms with Crippen LogP contribution >= 0.6 is 0 Å². The zero-order valence-electron chi connectivity index (χ0n) is 13.5. The van der Waals surface area contributed by atoms with Gasteiger partial charge >= 0.3 is 0 Å². The number of hydrogen-bond donors (Lipinski definition) is 1. The highest BCUT2D eigenvalue weighted by atomic mass is 32.2. The van der Waals surface area contributed by atoms with E-state index < -0.39 is 20.8 Å². The fourth-order valence-electron chi connectivity index (χ4n) is 2.02. The van der Waals surface area contributed by atoms with Gasteiger partial charge in [0.05, 0.1) is 4.75 Å². The van der Waals surface area contributed by atoms with E-state index in [1.165, 1.54) is 0 Å². The molecule has 0 radical (unpaired) electrons. The summed E-state index contributed by atoms with van der Waals surface area (Å²) in [5.41, 5.74) is 1.09. The van der Waals surface area contributed by atoms with Crippen molar-refractivity contribution in [3.8, 4) is 0 Å². The molecule has 0 bridgehead atoms. The molecule has 0 spiro atoms. The van der Waals surface area contributed by atoms with E-state index in [1.807, 2.05) is 12.1 Å². The van der Waals surface area contributed by atoms with Crippen LogP contribution in [0.5, 0.6) is 0 Å². The lowest BCUT2D eigenvalue weighted by Gasteiger charge is -2.25. The molecule has 1 unspecified atom stereocenters. The standard InChI is InChI=1S/C18H21NO3S/c1-18(2,3)23(21,22)19-16(14-10-6-4-7-11-14)17(20)15-12-8-5-9-13-15/h4-13,16,19H,1-3H3. The maximum Gasteiger partial charge on any atom is 0.217 e. The molecule has 0 aliphatic rings. The van der Waals surface area contributed by atoms with E-state index in [0.29, 0.717) is 11.1 Å². The molecule has 1 atom stereocenters. The Labute approximate surface area is 137 Å². The minimum Gasteiger partial charge on any atom is -0.292 e. The van der Waals surface area contributed by atoms with Crippen LogP contribution in [-0.4, -0.2) is 18.9 Å². The van der Waals surface area contributed by atoms with Gasteiger partial charge in [0, 0.05) is 5.56 Å². The maximum atomic E-state index is 12.8. The SMILES string of the molecule is CC(C)(C)S(=O)(=O)NC(C(=O)c1ccccc1)c1ccccc1. The van der Waals surface area contributed by atoms with Crippen molar-refractivity contribution in [1.82, 2.24) is 4.72 Å². The summed E-state index contributed by atoms with van der Waals surface area (Å²) in [7, 11) is -3.67. The average Bonchev–Trinajstić information content (AvgIpc) is 2.52. The summed E-state index contributed by atoms with van der Waals surface area (Å²) < 4.78 is 26.6. The second-order valence-corrected chi connectivity index (χ2v) is 8.77. The summed E-state index contributed by atoms with van der Waals surface area (Å²) in [4.78, 5) is 12.8. The second kappa shape index (κ2) is 6.64. The van der Waals surface area contributed by atoms with Crippen molar-refractivity contribution in [3.05, 3.63) is 71.8 Å². The number of benzene rings is 2. The van der Waals surface area contributed by atoms with Crippen LogP contribution in [0.3, 0.4) is 0 Å². The van der Waals surface area contributed by atoms with Crippen LogP contribution in [0.2, 0.25) is 0 Å². The van der Waals surface area contributed by atoms with Gasteiger partial charge in [-0.1, -0.05) is 60.7 Å². The molecule has 5 heteroatoms. The number of Topliss-reactive ketones (excluding diaryl/α,β-unsaturated/α-hetero) is 1. The summed E-state index contributed by atoms with van der Waals surface area (Å²) >= 11 is 0. The lowest BCUT2D eigenvalue weighted by atomic mass is 9.98. The van der Waals surface area contributed by atoms with Gasteiger partial charge in [0.2, 0.25) is 10.0 Å². The summed E-state index contributed by atoms with van der Waals surface area (Å²) in [6, 6.07) is 16.6. The van der Waals surface area contributed by atoms with Gasteiger partial charge in [-0.05, 0) is 26.3 Å². The first-order valence-electron chi connectivity index (χ1n) is 7.38. The number of ketones is 1. The minimum atomic E-state index is -3.67. The average molecular weight is 331 g/mol. The quantitative estimate of drug-likeness (QED) is 0.855. The fraction of sp³-hybridized carbons (Fsp3) is 0.278. The molecule has 0 aromatic heterocycles. The number of nitrogens with one attached hydrogen (secondary N) is 1. The van der Waals surface area contributed by atoms with Crippen LogP contribution < -0.4 is 4.72 Å². The van der Waals surface area contributed by atoms with Gasteiger partial charge in [0.15, 0.2) is 5.78 Å². The smallest absolute Gasteiger partial charge is 0.217 e. The van der Waals surface area contributed by atoms with Crippen LogP contribution in [0.25, 0.3) is 0 Å². The Kier molecular flexibility index (Phi) is 5.02. The highest BCUT2D eigenvalue weighted by Crippen LogP contribution is 2.23. The molecule has 4 nitrogen and oxygen atoms in total. The van der Waals surface area contributed by atoms with Crippen molar-refractivity contribution < 1.29 is 13.2 Å². The molecule has 0 aliphatic carbocycles. The van der Waals surface area contributed by atoms with Gasteiger partial charge in [0.25, 0.3) is 0 Å². The largest absolute Gasteiger partial charge is 0.292 e. The predicted molar refractivity (Wildman–Crippen MR) is 91.8 cm³/mol. The van der Waals surface area contributed by atoms with Gasteiger partial charge < -0.3 is 0 Å². The maximum absolute atomic E-state index is 12.8. The number of carbonyl (C=O) groups excluding carboxylic acids is 1. The number of rotatable bonds is 5.